The van der Waals surface area contributed by atoms with Crippen molar-refractivity contribution >= 4 is 23.1 Å². The van der Waals surface area contributed by atoms with Crippen molar-refractivity contribution in [2.24, 2.45) is 16.3 Å². The van der Waals surface area contributed by atoms with Gasteiger partial charge >= 0.3 is 0 Å². The molecule has 1 aliphatic heterocycles. The molecule has 1 atom stereocenters. The SMILES string of the molecule is Cc1ccc(C(C)NC(=O)C2(C(N)=NO)CCOCC2)s1. The number of nitrogens with one attached hydrogen (secondary N) is 1. The van der Waals surface area contributed by atoms with Crippen LogP contribution in [0.3, 0.4) is 0 Å². The molecule has 0 saturated carbocycles. The lowest BCUT2D eigenvalue weighted by atomic mass is 9.78. The van der Waals surface area contributed by atoms with Crippen molar-refractivity contribution in [1.82, 2.24) is 5.32 Å². The van der Waals surface area contributed by atoms with E-state index in [9.17, 15) is 4.79 Å². The van der Waals surface area contributed by atoms with Crippen LogP contribution in [0.1, 0.15) is 35.6 Å². The Balaban J connectivity index is 2.15. The summed E-state index contributed by atoms with van der Waals surface area (Å²) < 4.78 is 5.29. The van der Waals surface area contributed by atoms with Gasteiger partial charge in [0.25, 0.3) is 0 Å². The van der Waals surface area contributed by atoms with E-state index >= 15 is 0 Å². The molecule has 6 nitrogen and oxygen atoms in total. The Labute approximate surface area is 128 Å². The van der Waals surface area contributed by atoms with E-state index in [0.717, 1.165) is 4.88 Å². The van der Waals surface area contributed by atoms with Gasteiger partial charge < -0.3 is 21.0 Å². The van der Waals surface area contributed by atoms with E-state index in [1.54, 1.807) is 11.3 Å². The van der Waals surface area contributed by atoms with E-state index in [0.29, 0.717) is 26.1 Å². The Morgan fingerprint density at radius 1 is 1.52 bits per heavy atom. The molecule has 1 saturated heterocycles. The van der Waals surface area contributed by atoms with Crippen LogP contribution in [-0.4, -0.2) is 30.2 Å². The average Bonchev–Trinajstić information content (AvgIpc) is 2.93. The van der Waals surface area contributed by atoms with Crippen molar-refractivity contribution in [3.8, 4) is 0 Å². The Hall–Kier alpha value is -1.60. The maximum absolute atomic E-state index is 12.7. The normalized spacial score (nSPS) is 20.0. The highest BCUT2D eigenvalue weighted by Crippen LogP contribution is 2.32. The van der Waals surface area contributed by atoms with E-state index in [-0.39, 0.29) is 17.8 Å². The number of nitrogens with two attached hydrogens (primary N) is 1. The van der Waals surface area contributed by atoms with Crippen LogP contribution in [0.5, 0.6) is 0 Å². The van der Waals surface area contributed by atoms with Crippen LogP contribution in [-0.2, 0) is 9.53 Å². The van der Waals surface area contributed by atoms with Gasteiger partial charge in [0.15, 0.2) is 5.84 Å². The van der Waals surface area contributed by atoms with Gasteiger partial charge in [0.2, 0.25) is 5.91 Å². The maximum Gasteiger partial charge on any atom is 0.234 e. The van der Waals surface area contributed by atoms with Gasteiger partial charge in [-0.05, 0) is 38.8 Å². The number of aryl methyl sites for hydroxylation is 1. The second kappa shape index (κ2) is 6.44. The first-order valence-corrected chi connectivity index (χ1v) is 7.74. The lowest BCUT2D eigenvalue weighted by Gasteiger charge is -2.35. The Morgan fingerprint density at radius 3 is 2.71 bits per heavy atom. The number of carbonyl (C=O) groups excluding carboxylic acids is 1. The third-order valence-corrected chi connectivity index (χ3v) is 5.10. The molecule has 2 heterocycles. The van der Waals surface area contributed by atoms with Crippen LogP contribution in [0, 0.1) is 12.3 Å². The van der Waals surface area contributed by atoms with Crippen molar-refractivity contribution < 1.29 is 14.7 Å². The third kappa shape index (κ3) is 3.19. The van der Waals surface area contributed by atoms with E-state index in [2.05, 4.69) is 10.5 Å². The first kappa shape index (κ1) is 15.8. The van der Waals surface area contributed by atoms with E-state index in [4.69, 9.17) is 15.7 Å². The molecule has 0 aliphatic carbocycles. The largest absolute Gasteiger partial charge is 0.409 e. The maximum atomic E-state index is 12.7. The molecule has 1 unspecified atom stereocenters. The number of nitrogens with zero attached hydrogens (tertiary/aromatic N) is 1. The molecular formula is C14H21N3O3S. The fourth-order valence-electron chi connectivity index (χ4n) is 2.51. The minimum atomic E-state index is -0.979. The number of amidine groups is 1. The van der Waals surface area contributed by atoms with Crippen molar-refractivity contribution in [1.29, 1.82) is 0 Å². The molecule has 7 heteroatoms. The summed E-state index contributed by atoms with van der Waals surface area (Å²) in [4.78, 5) is 15.0. The molecule has 116 valence electrons. The minimum Gasteiger partial charge on any atom is -0.409 e. The first-order chi connectivity index (χ1) is 9.99. The number of hydrogen-bond acceptors (Lipinski definition) is 5. The molecule has 1 fully saturated rings. The summed E-state index contributed by atoms with van der Waals surface area (Å²) in [5.41, 5.74) is 4.81. The zero-order valence-corrected chi connectivity index (χ0v) is 13.1. The van der Waals surface area contributed by atoms with Gasteiger partial charge in [-0.2, -0.15) is 0 Å². The lowest BCUT2D eigenvalue weighted by Crippen LogP contribution is -2.53. The first-order valence-electron chi connectivity index (χ1n) is 6.92. The zero-order valence-electron chi connectivity index (χ0n) is 12.3. The van der Waals surface area contributed by atoms with E-state index < -0.39 is 5.41 Å². The van der Waals surface area contributed by atoms with Gasteiger partial charge in [-0.25, -0.2) is 0 Å². The lowest BCUT2D eigenvalue weighted by molar-refractivity contribution is -0.132. The molecule has 0 bridgehead atoms. The molecule has 0 aromatic carbocycles. The van der Waals surface area contributed by atoms with E-state index in [1.165, 1.54) is 4.88 Å². The molecule has 1 aromatic heterocycles. The topological polar surface area (TPSA) is 96.9 Å². The predicted octanol–water partition coefficient (Wildman–Crippen LogP) is 1.78. The number of carbonyl (C=O) groups is 1. The summed E-state index contributed by atoms with van der Waals surface area (Å²) in [7, 11) is 0. The fraction of sp³-hybridized carbons (Fsp3) is 0.571. The summed E-state index contributed by atoms with van der Waals surface area (Å²) in [6, 6.07) is 3.92. The van der Waals surface area contributed by atoms with Gasteiger partial charge in [-0.15, -0.1) is 11.3 Å². The molecule has 0 radical (unpaired) electrons. The Morgan fingerprint density at radius 2 is 2.19 bits per heavy atom. The molecule has 1 amide bonds. The molecule has 1 aliphatic rings. The molecule has 1 aromatic rings. The predicted molar refractivity (Wildman–Crippen MR) is 81.5 cm³/mol. The Bertz CT molecular complexity index is 535. The number of amides is 1. The van der Waals surface area contributed by atoms with Crippen molar-refractivity contribution in [3.05, 3.63) is 21.9 Å². The minimum absolute atomic E-state index is 0.0436. The van der Waals surface area contributed by atoms with Crippen LogP contribution < -0.4 is 11.1 Å². The summed E-state index contributed by atoms with van der Waals surface area (Å²) in [5, 5.41) is 15.0. The highest BCUT2D eigenvalue weighted by molar-refractivity contribution is 7.12. The molecule has 4 N–H and O–H groups in total. The van der Waals surface area contributed by atoms with Crippen LogP contribution in [0.25, 0.3) is 0 Å². The molecule has 21 heavy (non-hydrogen) atoms. The summed E-state index contributed by atoms with van der Waals surface area (Å²) in [6.07, 6.45) is 0.843. The van der Waals surface area contributed by atoms with E-state index in [1.807, 2.05) is 26.0 Å². The number of oxime groups is 1. The number of ether oxygens (including phenoxy) is 1. The van der Waals surface area contributed by atoms with Crippen LogP contribution >= 0.6 is 11.3 Å². The van der Waals surface area contributed by atoms with Crippen molar-refractivity contribution in [2.45, 2.75) is 32.7 Å². The number of rotatable bonds is 4. The van der Waals surface area contributed by atoms with Gasteiger partial charge in [-0.3, -0.25) is 4.79 Å². The monoisotopic (exact) mass is 311 g/mol. The second-order valence-corrected chi connectivity index (χ2v) is 6.64. The summed E-state index contributed by atoms with van der Waals surface area (Å²) in [6.45, 7) is 4.81. The molecule has 2 rings (SSSR count). The fourth-order valence-corrected chi connectivity index (χ4v) is 3.39. The van der Waals surface area contributed by atoms with Crippen LogP contribution in [0.2, 0.25) is 0 Å². The van der Waals surface area contributed by atoms with Crippen molar-refractivity contribution in [3.63, 3.8) is 0 Å². The molecular weight excluding hydrogens is 290 g/mol. The standard InChI is InChI=1S/C14H21N3O3S/c1-9-3-4-11(21-9)10(2)16-13(18)14(12(15)17-19)5-7-20-8-6-14/h3-4,10,19H,5-8H2,1-2H3,(H2,15,17)(H,16,18). The molecule has 0 spiro atoms. The Kier molecular flexibility index (Phi) is 4.84. The smallest absolute Gasteiger partial charge is 0.234 e. The van der Waals surface area contributed by atoms with Crippen molar-refractivity contribution in [2.75, 3.05) is 13.2 Å². The average molecular weight is 311 g/mol. The highest BCUT2D eigenvalue weighted by atomic mass is 32.1. The quantitative estimate of drug-likeness (QED) is 0.342. The van der Waals surface area contributed by atoms with Gasteiger partial charge in [0.05, 0.1) is 6.04 Å². The van der Waals surface area contributed by atoms with Gasteiger partial charge in [0.1, 0.15) is 5.41 Å². The van der Waals surface area contributed by atoms with Gasteiger partial charge in [-0.1, -0.05) is 5.16 Å². The number of hydrogen-bond donors (Lipinski definition) is 3. The highest BCUT2D eigenvalue weighted by Gasteiger charge is 2.44. The summed E-state index contributed by atoms with van der Waals surface area (Å²) in [5.74, 6) is -0.252. The van der Waals surface area contributed by atoms with Gasteiger partial charge in [0, 0.05) is 23.0 Å². The zero-order chi connectivity index (χ0) is 15.5. The van der Waals surface area contributed by atoms with Crippen LogP contribution in [0.4, 0.5) is 0 Å². The third-order valence-electron chi connectivity index (χ3n) is 3.91. The second-order valence-electron chi connectivity index (χ2n) is 5.32. The number of thiophene rings is 1. The summed E-state index contributed by atoms with van der Waals surface area (Å²) >= 11 is 1.65. The van der Waals surface area contributed by atoms with Crippen LogP contribution in [0.15, 0.2) is 17.3 Å².